The van der Waals surface area contributed by atoms with Crippen molar-refractivity contribution in [3.8, 4) is 11.5 Å². The van der Waals surface area contributed by atoms with Crippen molar-refractivity contribution in [1.29, 1.82) is 0 Å². The van der Waals surface area contributed by atoms with Crippen LogP contribution in [0.2, 0.25) is 0 Å². The number of hydrogen-bond donors (Lipinski definition) is 1. The predicted octanol–water partition coefficient (Wildman–Crippen LogP) is 4.15. The van der Waals surface area contributed by atoms with Gasteiger partial charge >= 0.3 is 6.61 Å². The van der Waals surface area contributed by atoms with Gasteiger partial charge in [-0.15, -0.1) is 0 Å². The molecule has 0 fully saturated rings. The lowest BCUT2D eigenvalue weighted by molar-refractivity contribution is -0.0499. The van der Waals surface area contributed by atoms with Crippen LogP contribution >= 0.6 is 0 Å². The first-order valence-corrected chi connectivity index (χ1v) is 6.99. The molecule has 0 aliphatic heterocycles. The highest BCUT2D eigenvalue weighted by Gasteiger charge is 2.09. The van der Waals surface area contributed by atoms with Crippen LogP contribution in [0.4, 0.5) is 8.78 Å². The van der Waals surface area contributed by atoms with Crippen LogP contribution in [0.5, 0.6) is 11.5 Å². The van der Waals surface area contributed by atoms with Crippen LogP contribution < -0.4 is 14.8 Å². The number of alkyl halides is 2. The molecule has 0 aliphatic carbocycles. The van der Waals surface area contributed by atoms with E-state index in [4.69, 9.17) is 4.74 Å². The van der Waals surface area contributed by atoms with E-state index in [9.17, 15) is 8.78 Å². The quantitative estimate of drug-likeness (QED) is 0.833. The third-order valence-electron chi connectivity index (χ3n) is 3.33. The molecule has 1 unspecified atom stereocenters. The number of halogens is 2. The Morgan fingerprint density at radius 1 is 1.05 bits per heavy atom. The van der Waals surface area contributed by atoms with Crippen LogP contribution in [0.15, 0.2) is 48.5 Å². The van der Waals surface area contributed by atoms with E-state index in [1.807, 2.05) is 37.3 Å². The van der Waals surface area contributed by atoms with Gasteiger partial charge in [-0.05, 0) is 42.3 Å². The zero-order valence-electron chi connectivity index (χ0n) is 12.6. The lowest BCUT2D eigenvalue weighted by Gasteiger charge is -2.16. The Hall–Kier alpha value is -2.14. The van der Waals surface area contributed by atoms with Gasteiger partial charge in [-0.3, -0.25) is 0 Å². The molecular weight excluding hydrogens is 288 g/mol. The Morgan fingerprint density at radius 2 is 1.77 bits per heavy atom. The Morgan fingerprint density at radius 3 is 2.50 bits per heavy atom. The number of hydrogen-bond acceptors (Lipinski definition) is 3. The van der Waals surface area contributed by atoms with Crippen molar-refractivity contribution < 1.29 is 18.3 Å². The van der Waals surface area contributed by atoms with E-state index in [1.165, 1.54) is 6.07 Å². The van der Waals surface area contributed by atoms with E-state index < -0.39 is 6.61 Å². The highest BCUT2D eigenvalue weighted by atomic mass is 19.3. The summed E-state index contributed by atoms with van der Waals surface area (Å²) in [5, 5.41) is 3.35. The Balaban J connectivity index is 1.98. The van der Waals surface area contributed by atoms with E-state index >= 15 is 0 Å². The van der Waals surface area contributed by atoms with Crippen molar-refractivity contribution in [2.24, 2.45) is 0 Å². The second-order valence-electron chi connectivity index (χ2n) is 4.91. The van der Waals surface area contributed by atoms with Crippen LogP contribution in [-0.4, -0.2) is 13.7 Å². The Kier molecular flexibility index (Phi) is 5.72. The summed E-state index contributed by atoms with van der Waals surface area (Å²) in [6.07, 6.45) is 0. The molecule has 1 atom stereocenters. The molecule has 0 saturated carbocycles. The van der Waals surface area contributed by atoms with Gasteiger partial charge in [-0.1, -0.05) is 24.3 Å². The van der Waals surface area contributed by atoms with Crippen molar-refractivity contribution >= 4 is 0 Å². The first-order valence-electron chi connectivity index (χ1n) is 6.99. The molecule has 2 rings (SSSR count). The van der Waals surface area contributed by atoms with Crippen molar-refractivity contribution in [3.05, 3.63) is 59.7 Å². The maximum Gasteiger partial charge on any atom is 0.387 e. The Labute approximate surface area is 128 Å². The lowest BCUT2D eigenvalue weighted by Crippen LogP contribution is -2.18. The number of rotatable bonds is 7. The second-order valence-corrected chi connectivity index (χ2v) is 4.91. The minimum atomic E-state index is -2.81. The van der Waals surface area contributed by atoms with Crippen LogP contribution in [0, 0.1) is 0 Å². The van der Waals surface area contributed by atoms with Gasteiger partial charge in [0.05, 0.1) is 7.11 Å². The van der Waals surface area contributed by atoms with Gasteiger partial charge in [0.25, 0.3) is 0 Å². The maximum absolute atomic E-state index is 12.2. The van der Waals surface area contributed by atoms with Gasteiger partial charge < -0.3 is 14.8 Å². The largest absolute Gasteiger partial charge is 0.497 e. The fourth-order valence-electron chi connectivity index (χ4n) is 2.13. The summed E-state index contributed by atoms with van der Waals surface area (Å²) in [5.41, 5.74) is 1.98. The third-order valence-corrected chi connectivity index (χ3v) is 3.33. The average Bonchev–Trinajstić information content (AvgIpc) is 2.52. The molecule has 0 aromatic heterocycles. The maximum atomic E-state index is 12.2. The molecule has 0 heterocycles. The summed E-state index contributed by atoms with van der Waals surface area (Å²) in [7, 11) is 1.63. The summed E-state index contributed by atoms with van der Waals surface area (Å²) in [4.78, 5) is 0. The van der Waals surface area contributed by atoms with Crippen LogP contribution in [0.1, 0.15) is 24.1 Å². The van der Waals surface area contributed by atoms with Gasteiger partial charge in [0.1, 0.15) is 11.5 Å². The topological polar surface area (TPSA) is 30.5 Å². The summed E-state index contributed by atoms with van der Waals surface area (Å²) >= 11 is 0. The highest BCUT2D eigenvalue weighted by Crippen LogP contribution is 2.21. The summed E-state index contributed by atoms with van der Waals surface area (Å²) < 4.78 is 34.1. The molecule has 0 bridgehead atoms. The van der Waals surface area contributed by atoms with Gasteiger partial charge in [0, 0.05) is 12.6 Å². The van der Waals surface area contributed by atoms with Crippen molar-refractivity contribution in [2.45, 2.75) is 26.1 Å². The van der Waals surface area contributed by atoms with Crippen molar-refractivity contribution in [1.82, 2.24) is 5.32 Å². The highest BCUT2D eigenvalue weighted by molar-refractivity contribution is 5.31. The van der Waals surface area contributed by atoms with E-state index in [1.54, 1.807) is 19.2 Å². The number of benzene rings is 2. The first-order chi connectivity index (χ1) is 10.6. The van der Waals surface area contributed by atoms with E-state index in [2.05, 4.69) is 10.1 Å². The zero-order valence-corrected chi connectivity index (χ0v) is 12.6. The van der Waals surface area contributed by atoms with Crippen LogP contribution in [0.3, 0.4) is 0 Å². The normalized spacial score (nSPS) is 12.2. The molecule has 118 valence electrons. The lowest BCUT2D eigenvalue weighted by atomic mass is 10.1. The molecule has 0 saturated heterocycles. The average molecular weight is 307 g/mol. The van der Waals surface area contributed by atoms with Gasteiger partial charge in [0.2, 0.25) is 0 Å². The Bertz CT molecular complexity index is 605. The molecule has 0 radical (unpaired) electrons. The molecule has 2 aromatic carbocycles. The van der Waals surface area contributed by atoms with E-state index in [-0.39, 0.29) is 11.8 Å². The predicted molar refractivity (Wildman–Crippen MR) is 81.3 cm³/mol. The fraction of sp³-hybridized carbons (Fsp3) is 0.294. The van der Waals surface area contributed by atoms with Crippen LogP contribution in [-0.2, 0) is 6.54 Å². The number of ether oxygens (including phenoxy) is 2. The van der Waals surface area contributed by atoms with Gasteiger partial charge in [0.15, 0.2) is 0 Å². The van der Waals surface area contributed by atoms with E-state index in [0.29, 0.717) is 6.54 Å². The van der Waals surface area contributed by atoms with Gasteiger partial charge in [-0.2, -0.15) is 8.78 Å². The summed E-state index contributed by atoms with van der Waals surface area (Å²) in [6, 6.07) is 14.5. The molecule has 0 aliphatic rings. The van der Waals surface area contributed by atoms with Crippen molar-refractivity contribution in [3.63, 3.8) is 0 Å². The minimum Gasteiger partial charge on any atom is -0.497 e. The molecule has 0 spiro atoms. The molecule has 0 amide bonds. The zero-order chi connectivity index (χ0) is 15.9. The fourth-order valence-corrected chi connectivity index (χ4v) is 2.13. The molecule has 3 nitrogen and oxygen atoms in total. The molecule has 22 heavy (non-hydrogen) atoms. The molecule has 1 N–H and O–H groups in total. The molecule has 5 heteroatoms. The number of nitrogens with one attached hydrogen (secondary N) is 1. The van der Waals surface area contributed by atoms with Crippen molar-refractivity contribution in [2.75, 3.05) is 7.11 Å². The smallest absolute Gasteiger partial charge is 0.387 e. The van der Waals surface area contributed by atoms with Gasteiger partial charge in [-0.25, -0.2) is 0 Å². The van der Waals surface area contributed by atoms with E-state index in [0.717, 1.165) is 16.9 Å². The first kappa shape index (κ1) is 16.2. The minimum absolute atomic E-state index is 0.00687. The third kappa shape index (κ3) is 4.70. The molecule has 2 aromatic rings. The summed E-state index contributed by atoms with van der Waals surface area (Å²) in [5.74, 6) is 0.974. The second kappa shape index (κ2) is 7.75. The monoisotopic (exact) mass is 307 g/mol. The molecular formula is C17H19F2NO2. The SMILES string of the molecule is COc1cccc(CNC(C)c2cccc(OC(F)F)c2)c1. The summed E-state index contributed by atoms with van der Waals surface area (Å²) in [6.45, 7) is -0.185. The standard InChI is InChI=1S/C17H19F2NO2/c1-12(14-6-4-8-16(10-14)22-17(18)19)20-11-13-5-3-7-15(9-13)21-2/h3-10,12,17,20H,11H2,1-2H3. The number of methoxy groups -OCH3 is 1. The van der Waals surface area contributed by atoms with Crippen LogP contribution in [0.25, 0.3) is 0 Å².